The number of hydrogen-bond acceptors (Lipinski definition) is 3. The van der Waals surface area contributed by atoms with Gasteiger partial charge in [-0.15, -0.1) is 0 Å². The van der Waals surface area contributed by atoms with E-state index in [9.17, 15) is 14.0 Å². The van der Waals surface area contributed by atoms with E-state index in [1.54, 1.807) is 4.90 Å². The van der Waals surface area contributed by atoms with Gasteiger partial charge in [0, 0.05) is 12.1 Å². The Morgan fingerprint density at radius 1 is 1.26 bits per heavy atom. The Morgan fingerprint density at radius 2 is 2.04 bits per heavy atom. The molecule has 0 saturated carbocycles. The summed E-state index contributed by atoms with van der Waals surface area (Å²) in [7, 11) is 0. The summed E-state index contributed by atoms with van der Waals surface area (Å²) >= 11 is 0. The van der Waals surface area contributed by atoms with Gasteiger partial charge in [0.1, 0.15) is 17.7 Å². The minimum Gasteiger partial charge on any atom is -0.486 e. The zero-order valence-electron chi connectivity index (χ0n) is 15.1. The number of para-hydroxylation sites is 1. The molecule has 27 heavy (non-hydrogen) atoms. The lowest BCUT2D eigenvalue weighted by atomic mass is 9.88. The molecule has 2 aliphatic heterocycles. The normalized spacial score (nSPS) is 19.1. The monoisotopic (exact) mass is 368 g/mol. The van der Waals surface area contributed by atoms with E-state index >= 15 is 0 Å². The number of likely N-dealkylation sites (tertiary alicyclic amines) is 1. The zero-order valence-corrected chi connectivity index (χ0v) is 15.1. The van der Waals surface area contributed by atoms with Crippen LogP contribution in [0.1, 0.15) is 30.4 Å². The van der Waals surface area contributed by atoms with E-state index < -0.39 is 11.7 Å². The van der Waals surface area contributed by atoms with E-state index in [4.69, 9.17) is 4.74 Å². The van der Waals surface area contributed by atoms with Gasteiger partial charge in [-0.1, -0.05) is 25.1 Å². The van der Waals surface area contributed by atoms with Crippen molar-refractivity contribution in [1.29, 1.82) is 0 Å². The van der Waals surface area contributed by atoms with Crippen LogP contribution in [0, 0.1) is 5.82 Å². The van der Waals surface area contributed by atoms with Crippen molar-refractivity contribution in [3.63, 3.8) is 0 Å². The lowest BCUT2D eigenvalue weighted by Crippen LogP contribution is -2.57. The van der Waals surface area contributed by atoms with Crippen molar-refractivity contribution in [3.05, 3.63) is 59.4 Å². The van der Waals surface area contributed by atoms with Gasteiger partial charge in [0.25, 0.3) is 0 Å². The quantitative estimate of drug-likeness (QED) is 0.902. The maximum atomic E-state index is 13.6. The Balaban J connectivity index is 1.44. The topological polar surface area (TPSA) is 58.6 Å². The van der Waals surface area contributed by atoms with E-state index in [2.05, 4.69) is 12.2 Å². The van der Waals surface area contributed by atoms with Crippen molar-refractivity contribution >= 4 is 17.5 Å². The molecule has 2 aromatic carbocycles. The van der Waals surface area contributed by atoms with Gasteiger partial charge in [0.05, 0.1) is 19.0 Å². The number of hydrogen-bond donors (Lipinski definition) is 1. The van der Waals surface area contributed by atoms with Crippen LogP contribution in [0.25, 0.3) is 0 Å². The number of ether oxygens (including phenoxy) is 1. The van der Waals surface area contributed by atoms with Crippen LogP contribution < -0.4 is 10.1 Å². The van der Waals surface area contributed by atoms with Crippen LogP contribution >= 0.6 is 0 Å². The third-order valence-corrected chi connectivity index (χ3v) is 5.16. The second kappa shape index (κ2) is 7.02. The van der Waals surface area contributed by atoms with Crippen molar-refractivity contribution in [1.82, 2.24) is 4.90 Å². The van der Waals surface area contributed by atoms with Crippen molar-refractivity contribution < 1.29 is 18.7 Å². The Hall–Kier alpha value is -2.89. The molecule has 0 unspecified atom stereocenters. The van der Waals surface area contributed by atoms with Crippen molar-refractivity contribution in [2.75, 3.05) is 18.4 Å². The van der Waals surface area contributed by atoms with Crippen LogP contribution in [0.15, 0.2) is 42.5 Å². The molecule has 6 heteroatoms. The minimum absolute atomic E-state index is 0.0377. The summed E-state index contributed by atoms with van der Waals surface area (Å²) in [6.07, 6.45) is 0.854. The van der Waals surface area contributed by atoms with Crippen LogP contribution in [0.5, 0.6) is 5.75 Å². The first-order valence-corrected chi connectivity index (χ1v) is 9.17. The molecule has 0 bridgehead atoms. The van der Waals surface area contributed by atoms with E-state index in [-0.39, 0.29) is 24.3 Å². The molecule has 0 spiro atoms. The van der Waals surface area contributed by atoms with Gasteiger partial charge in [-0.05, 0) is 41.8 Å². The predicted octanol–water partition coefficient (Wildman–Crippen LogP) is 3.10. The summed E-state index contributed by atoms with van der Waals surface area (Å²) in [4.78, 5) is 26.5. The average molecular weight is 368 g/mol. The number of benzene rings is 2. The predicted molar refractivity (Wildman–Crippen MR) is 99.2 cm³/mol. The molecule has 2 amide bonds. The highest BCUT2D eigenvalue weighted by Crippen LogP contribution is 2.35. The molecule has 140 valence electrons. The second-order valence-corrected chi connectivity index (χ2v) is 6.98. The Morgan fingerprint density at radius 3 is 2.81 bits per heavy atom. The molecule has 1 atom stereocenters. The Bertz CT molecular complexity index is 893. The number of anilines is 1. The highest BCUT2D eigenvalue weighted by atomic mass is 19.1. The van der Waals surface area contributed by atoms with Gasteiger partial charge in [-0.2, -0.15) is 0 Å². The Kier molecular flexibility index (Phi) is 4.56. The van der Waals surface area contributed by atoms with Crippen molar-refractivity contribution in [2.24, 2.45) is 0 Å². The first kappa shape index (κ1) is 17.5. The minimum atomic E-state index is -0.645. The van der Waals surface area contributed by atoms with Crippen LogP contribution in [0.3, 0.4) is 0 Å². The summed E-state index contributed by atoms with van der Waals surface area (Å²) in [6.45, 7) is 3.02. The van der Waals surface area contributed by atoms with Crippen LogP contribution in [0.4, 0.5) is 10.1 Å². The van der Waals surface area contributed by atoms with Gasteiger partial charge in [0.15, 0.2) is 0 Å². The smallest absolute Gasteiger partial charge is 0.230 e. The van der Waals surface area contributed by atoms with Crippen molar-refractivity contribution in [3.8, 4) is 5.75 Å². The van der Waals surface area contributed by atoms with E-state index in [1.165, 1.54) is 18.2 Å². The number of nitrogens with one attached hydrogen (secondary N) is 1. The first-order chi connectivity index (χ1) is 13.0. The maximum Gasteiger partial charge on any atom is 0.230 e. The fraction of sp³-hybridized carbons (Fsp3) is 0.333. The molecular weight excluding hydrogens is 347 g/mol. The molecule has 4 rings (SSSR count). The van der Waals surface area contributed by atoms with Gasteiger partial charge in [0.2, 0.25) is 11.8 Å². The zero-order chi connectivity index (χ0) is 19.0. The lowest BCUT2D eigenvalue weighted by Gasteiger charge is -2.41. The third-order valence-electron chi connectivity index (χ3n) is 5.16. The average Bonchev–Trinajstić information content (AvgIpc) is 2.63. The number of aryl methyl sites for hydroxylation is 1. The Labute approximate surface area is 157 Å². The molecule has 1 N–H and O–H groups in total. The molecule has 1 saturated heterocycles. The van der Waals surface area contributed by atoms with Gasteiger partial charge < -0.3 is 15.0 Å². The fourth-order valence-corrected chi connectivity index (χ4v) is 3.66. The lowest BCUT2D eigenvalue weighted by molar-refractivity contribution is -0.143. The largest absolute Gasteiger partial charge is 0.486 e. The van der Waals surface area contributed by atoms with Crippen LogP contribution in [-0.4, -0.2) is 35.9 Å². The number of rotatable bonds is 4. The van der Waals surface area contributed by atoms with E-state index in [0.717, 1.165) is 17.7 Å². The fourth-order valence-electron chi connectivity index (χ4n) is 3.66. The number of halogens is 1. The molecular formula is C21H21FN2O3. The summed E-state index contributed by atoms with van der Waals surface area (Å²) in [6, 6.07) is 12.0. The number of carbonyl (C=O) groups is 2. The molecule has 2 aliphatic rings. The standard InChI is InChI=1S/C21H21FN2O3/c1-2-13-5-3-4-6-19(13)27-15-11-24(12-15)21(26)17-10-20(25)23-18-8-7-14(22)9-16(17)18/h3-9,15,17H,2,10-12H2,1H3,(H,23,25)/t17-/m1/s1. The van der Waals surface area contributed by atoms with E-state index in [1.807, 2.05) is 24.3 Å². The SMILES string of the molecule is CCc1ccccc1OC1CN(C(=O)[C@@H]2CC(=O)Nc3ccc(F)cc32)C1. The highest BCUT2D eigenvalue weighted by Gasteiger charge is 2.39. The number of nitrogens with zero attached hydrogens (tertiary/aromatic N) is 1. The summed E-state index contributed by atoms with van der Waals surface area (Å²) in [5, 5.41) is 2.70. The third kappa shape index (κ3) is 3.39. The number of fused-ring (bicyclic) bond motifs is 1. The molecule has 5 nitrogen and oxygen atoms in total. The molecule has 0 aromatic heterocycles. The molecule has 2 heterocycles. The number of carbonyl (C=O) groups excluding carboxylic acids is 2. The van der Waals surface area contributed by atoms with Gasteiger partial charge in [-0.25, -0.2) is 4.39 Å². The molecule has 1 fully saturated rings. The highest BCUT2D eigenvalue weighted by molar-refractivity contribution is 6.01. The van der Waals surface area contributed by atoms with Gasteiger partial charge in [-0.3, -0.25) is 9.59 Å². The summed E-state index contributed by atoms with van der Waals surface area (Å²) < 4.78 is 19.7. The second-order valence-electron chi connectivity index (χ2n) is 6.98. The summed E-state index contributed by atoms with van der Waals surface area (Å²) in [5.41, 5.74) is 2.19. The molecule has 0 aliphatic carbocycles. The van der Waals surface area contributed by atoms with E-state index in [0.29, 0.717) is 24.3 Å². The van der Waals surface area contributed by atoms with Crippen LogP contribution in [0.2, 0.25) is 0 Å². The van der Waals surface area contributed by atoms with Crippen LogP contribution in [-0.2, 0) is 16.0 Å². The number of amides is 2. The van der Waals surface area contributed by atoms with Gasteiger partial charge >= 0.3 is 0 Å². The maximum absolute atomic E-state index is 13.6. The summed E-state index contributed by atoms with van der Waals surface area (Å²) in [5.74, 6) is -0.587. The molecule has 0 radical (unpaired) electrons. The van der Waals surface area contributed by atoms with Crippen molar-refractivity contribution in [2.45, 2.75) is 31.8 Å². The molecule has 2 aromatic rings. The first-order valence-electron chi connectivity index (χ1n) is 9.17.